The minimum atomic E-state index is -0.193. The lowest BCUT2D eigenvalue weighted by molar-refractivity contribution is 0.102. The van der Waals surface area contributed by atoms with Crippen LogP contribution < -0.4 is 5.56 Å². The highest BCUT2D eigenvalue weighted by molar-refractivity contribution is 7.99. The molecule has 0 radical (unpaired) electrons. The number of aromatic amines is 1. The van der Waals surface area contributed by atoms with Gasteiger partial charge in [-0.1, -0.05) is 59.8 Å². The Labute approximate surface area is 193 Å². The predicted molar refractivity (Wildman–Crippen MR) is 130 cm³/mol. The van der Waals surface area contributed by atoms with Crippen molar-refractivity contribution in [3.63, 3.8) is 0 Å². The maximum atomic E-state index is 13.6. The summed E-state index contributed by atoms with van der Waals surface area (Å²) in [6, 6.07) is 22.1. The Hall–Kier alpha value is -3.35. The average molecular weight is 460 g/mol. The second-order valence-corrected chi connectivity index (χ2v) is 8.81. The molecule has 7 heteroatoms. The van der Waals surface area contributed by atoms with Crippen LogP contribution in [0.5, 0.6) is 0 Å². The van der Waals surface area contributed by atoms with E-state index >= 15 is 0 Å². The van der Waals surface area contributed by atoms with Crippen LogP contribution in [0.25, 0.3) is 27.6 Å². The van der Waals surface area contributed by atoms with Crippen molar-refractivity contribution >= 4 is 51.1 Å². The minimum Gasteiger partial charge on any atom is -0.349 e. The lowest BCUT2D eigenvalue weighted by atomic mass is 10.1. The molecule has 1 N–H and O–H groups in total. The molecule has 0 unspecified atom stereocenters. The summed E-state index contributed by atoms with van der Waals surface area (Å²) in [5.74, 6) is 0.0876. The molecule has 0 aliphatic heterocycles. The molecule has 32 heavy (non-hydrogen) atoms. The van der Waals surface area contributed by atoms with Gasteiger partial charge in [0.2, 0.25) is 0 Å². The van der Waals surface area contributed by atoms with Crippen molar-refractivity contribution in [1.29, 1.82) is 0 Å². The van der Waals surface area contributed by atoms with E-state index in [1.165, 1.54) is 11.8 Å². The number of ketones is 1. The Bertz CT molecular complexity index is 1540. The zero-order valence-electron chi connectivity index (χ0n) is 17.1. The number of nitrogens with one attached hydrogen (secondary N) is 1. The van der Waals surface area contributed by atoms with Crippen LogP contribution >= 0.6 is 23.4 Å². The third kappa shape index (κ3) is 3.61. The van der Waals surface area contributed by atoms with Crippen molar-refractivity contribution in [3.05, 3.63) is 99.3 Å². The Morgan fingerprint density at radius 1 is 1.03 bits per heavy atom. The van der Waals surface area contributed by atoms with Gasteiger partial charge in [-0.25, -0.2) is 4.98 Å². The number of hydrogen-bond donors (Lipinski definition) is 1. The molecule has 158 valence electrons. The van der Waals surface area contributed by atoms with Gasteiger partial charge in [-0.2, -0.15) is 0 Å². The number of H-pyrrole nitrogens is 1. The first-order valence-electron chi connectivity index (χ1n) is 10.0. The number of benzene rings is 3. The Kier molecular flexibility index (Phi) is 5.33. The van der Waals surface area contributed by atoms with Gasteiger partial charge >= 0.3 is 0 Å². The van der Waals surface area contributed by atoms with E-state index in [1.54, 1.807) is 28.8 Å². The molecule has 0 amide bonds. The standard InChI is InChI=1S/C25H18ClN3O2S/c1-15-6-2-5-9-20(15)29-24(31)23-22(18-7-3-4-8-19(18)27-23)28-25(29)32-14-21(30)16-10-12-17(26)13-11-16/h2-13,27H,14H2,1H3. The van der Waals surface area contributed by atoms with Gasteiger partial charge in [-0.05, 0) is 48.9 Å². The molecule has 0 aliphatic carbocycles. The first kappa shape index (κ1) is 20.5. The highest BCUT2D eigenvalue weighted by Crippen LogP contribution is 2.27. The summed E-state index contributed by atoms with van der Waals surface area (Å²) >= 11 is 7.19. The highest BCUT2D eigenvalue weighted by atomic mass is 35.5. The van der Waals surface area contributed by atoms with E-state index < -0.39 is 0 Å². The number of halogens is 1. The third-order valence-electron chi connectivity index (χ3n) is 5.35. The van der Waals surface area contributed by atoms with E-state index in [9.17, 15) is 9.59 Å². The van der Waals surface area contributed by atoms with Gasteiger partial charge in [0.25, 0.3) is 5.56 Å². The number of fused-ring (bicyclic) bond motifs is 3. The van der Waals surface area contributed by atoms with Crippen LogP contribution in [-0.4, -0.2) is 26.1 Å². The second-order valence-electron chi connectivity index (χ2n) is 7.43. The lowest BCUT2D eigenvalue weighted by Gasteiger charge is -2.14. The summed E-state index contributed by atoms with van der Waals surface area (Å²) in [6.07, 6.45) is 0. The molecular formula is C25H18ClN3O2S. The molecule has 5 aromatic rings. The zero-order chi connectivity index (χ0) is 22.2. The second kappa shape index (κ2) is 8.30. The van der Waals surface area contributed by atoms with Gasteiger partial charge < -0.3 is 4.98 Å². The van der Waals surface area contributed by atoms with E-state index in [2.05, 4.69) is 4.98 Å². The number of nitrogens with zero attached hydrogens (tertiary/aromatic N) is 2. The van der Waals surface area contributed by atoms with E-state index in [0.29, 0.717) is 26.8 Å². The number of hydrogen-bond acceptors (Lipinski definition) is 4. The van der Waals surface area contributed by atoms with Gasteiger partial charge in [0.05, 0.1) is 11.4 Å². The van der Waals surface area contributed by atoms with Crippen LogP contribution in [0.3, 0.4) is 0 Å². The van der Waals surface area contributed by atoms with Crippen LogP contribution in [0.1, 0.15) is 15.9 Å². The number of para-hydroxylation sites is 2. The van der Waals surface area contributed by atoms with Gasteiger partial charge in [-0.3, -0.25) is 14.2 Å². The van der Waals surface area contributed by atoms with Crippen molar-refractivity contribution in [2.24, 2.45) is 0 Å². The molecule has 0 saturated heterocycles. The van der Waals surface area contributed by atoms with Crippen LogP contribution in [0.15, 0.2) is 82.7 Å². The molecule has 2 aromatic heterocycles. The van der Waals surface area contributed by atoms with Crippen molar-refractivity contribution in [3.8, 4) is 5.69 Å². The summed E-state index contributed by atoms with van der Waals surface area (Å²) in [6.45, 7) is 1.95. The van der Waals surface area contributed by atoms with Crippen LogP contribution in [0, 0.1) is 6.92 Å². The van der Waals surface area contributed by atoms with Crippen LogP contribution in [0.2, 0.25) is 5.02 Å². The molecule has 0 aliphatic rings. The van der Waals surface area contributed by atoms with Gasteiger partial charge in [0.15, 0.2) is 10.9 Å². The topological polar surface area (TPSA) is 67.8 Å². The summed E-state index contributed by atoms with van der Waals surface area (Å²) in [5, 5.41) is 1.93. The van der Waals surface area contributed by atoms with Crippen LogP contribution in [0.4, 0.5) is 0 Å². The minimum absolute atomic E-state index is 0.0590. The zero-order valence-corrected chi connectivity index (χ0v) is 18.7. The van der Waals surface area contributed by atoms with Gasteiger partial charge in [-0.15, -0.1) is 0 Å². The molecule has 0 spiro atoms. The quantitative estimate of drug-likeness (QED) is 0.205. The highest BCUT2D eigenvalue weighted by Gasteiger charge is 2.19. The number of rotatable bonds is 5. The maximum Gasteiger partial charge on any atom is 0.283 e. The monoisotopic (exact) mass is 459 g/mol. The Morgan fingerprint density at radius 3 is 2.53 bits per heavy atom. The van der Waals surface area contributed by atoms with Crippen molar-refractivity contribution in [2.45, 2.75) is 12.1 Å². The van der Waals surface area contributed by atoms with E-state index in [4.69, 9.17) is 16.6 Å². The maximum absolute atomic E-state index is 13.6. The molecule has 0 saturated carbocycles. The molecule has 0 fully saturated rings. The fourth-order valence-electron chi connectivity index (χ4n) is 3.72. The van der Waals surface area contributed by atoms with Gasteiger partial charge in [0.1, 0.15) is 11.0 Å². The SMILES string of the molecule is Cc1ccccc1-n1c(SCC(=O)c2ccc(Cl)cc2)nc2c([nH]c3ccccc32)c1=O. The van der Waals surface area contributed by atoms with E-state index in [1.807, 2.05) is 55.5 Å². The normalized spacial score (nSPS) is 11.3. The number of Topliss-reactive ketones (excluding diaryl/α,β-unsaturated/α-hetero) is 1. The fraction of sp³-hybridized carbons (Fsp3) is 0.0800. The smallest absolute Gasteiger partial charge is 0.283 e. The lowest BCUT2D eigenvalue weighted by Crippen LogP contribution is -2.23. The third-order valence-corrected chi connectivity index (χ3v) is 6.54. The summed E-state index contributed by atoms with van der Waals surface area (Å²) in [5.41, 5.74) is 3.97. The first-order valence-corrected chi connectivity index (χ1v) is 11.4. The van der Waals surface area contributed by atoms with Crippen molar-refractivity contribution < 1.29 is 4.79 Å². The van der Waals surface area contributed by atoms with Crippen LogP contribution in [-0.2, 0) is 0 Å². The number of carbonyl (C=O) groups excluding carboxylic acids is 1. The average Bonchev–Trinajstić information content (AvgIpc) is 3.18. The molecule has 5 rings (SSSR count). The molecular weight excluding hydrogens is 442 g/mol. The summed E-state index contributed by atoms with van der Waals surface area (Å²) < 4.78 is 1.59. The Morgan fingerprint density at radius 2 is 1.75 bits per heavy atom. The number of aromatic nitrogens is 3. The number of aryl methyl sites for hydroxylation is 1. The van der Waals surface area contributed by atoms with Crippen molar-refractivity contribution in [1.82, 2.24) is 14.5 Å². The molecule has 5 nitrogen and oxygen atoms in total. The van der Waals surface area contributed by atoms with E-state index in [-0.39, 0.29) is 17.1 Å². The first-order chi connectivity index (χ1) is 15.5. The van der Waals surface area contributed by atoms with Crippen molar-refractivity contribution in [2.75, 3.05) is 5.75 Å². The molecule has 2 heterocycles. The van der Waals surface area contributed by atoms with Gasteiger partial charge in [0, 0.05) is 21.5 Å². The molecule has 0 atom stereocenters. The predicted octanol–water partition coefficient (Wildman–Crippen LogP) is 5.80. The fourth-order valence-corrected chi connectivity index (χ4v) is 4.73. The number of thioether (sulfide) groups is 1. The largest absolute Gasteiger partial charge is 0.349 e. The van der Waals surface area contributed by atoms with E-state index in [0.717, 1.165) is 22.2 Å². The molecule has 3 aromatic carbocycles. The Balaban J connectivity index is 1.65. The summed E-state index contributed by atoms with van der Waals surface area (Å²) in [7, 11) is 0. The number of carbonyl (C=O) groups is 1. The summed E-state index contributed by atoms with van der Waals surface area (Å²) in [4.78, 5) is 34.4. The molecule has 0 bridgehead atoms.